The first-order valence-corrected chi connectivity index (χ1v) is 9.79. The summed E-state index contributed by atoms with van der Waals surface area (Å²) < 4.78 is 6.79. The first-order valence-electron chi connectivity index (χ1n) is 9.79. The van der Waals surface area contributed by atoms with E-state index in [0.717, 1.165) is 24.2 Å². The molecule has 0 unspecified atom stereocenters. The molecule has 4 rings (SSSR count). The van der Waals surface area contributed by atoms with Gasteiger partial charge in [0.15, 0.2) is 11.6 Å². The van der Waals surface area contributed by atoms with Crippen molar-refractivity contribution in [2.45, 2.75) is 25.3 Å². The van der Waals surface area contributed by atoms with E-state index < -0.39 is 0 Å². The van der Waals surface area contributed by atoms with E-state index in [9.17, 15) is 4.79 Å². The van der Waals surface area contributed by atoms with Gasteiger partial charge in [-0.1, -0.05) is 30.3 Å². The number of H-pyrrole nitrogens is 1. The normalized spacial score (nSPS) is 16.7. The summed E-state index contributed by atoms with van der Waals surface area (Å²) in [5.41, 5.74) is 0.976. The topological polar surface area (TPSA) is 101 Å². The summed E-state index contributed by atoms with van der Waals surface area (Å²) >= 11 is 0. The van der Waals surface area contributed by atoms with Crippen LogP contribution in [0.3, 0.4) is 0 Å². The van der Waals surface area contributed by atoms with E-state index in [-0.39, 0.29) is 11.9 Å². The number of aromatic amines is 1. The van der Waals surface area contributed by atoms with Gasteiger partial charge in [-0.15, -0.1) is 0 Å². The molecule has 1 aliphatic rings. The third kappa shape index (κ3) is 4.62. The van der Waals surface area contributed by atoms with Crippen molar-refractivity contribution in [1.82, 2.24) is 29.9 Å². The van der Waals surface area contributed by atoms with Crippen LogP contribution >= 0.6 is 0 Å². The largest absolute Gasteiger partial charge is 0.383 e. The number of urea groups is 1. The van der Waals surface area contributed by atoms with Crippen LogP contribution in [0.25, 0.3) is 11.4 Å². The molecular weight excluding hydrogens is 370 g/mol. The number of rotatable bonds is 6. The highest BCUT2D eigenvalue weighted by molar-refractivity contribution is 5.88. The number of piperidine rings is 1. The van der Waals surface area contributed by atoms with E-state index in [1.807, 2.05) is 41.4 Å². The molecule has 0 radical (unpaired) electrons. The van der Waals surface area contributed by atoms with Crippen LogP contribution in [0.1, 0.15) is 24.6 Å². The van der Waals surface area contributed by atoms with Crippen molar-refractivity contribution in [3.63, 3.8) is 0 Å². The van der Waals surface area contributed by atoms with Crippen molar-refractivity contribution in [1.29, 1.82) is 0 Å². The molecule has 1 atom stereocenters. The third-order valence-corrected chi connectivity index (χ3v) is 5.03. The summed E-state index contributed by atoms with van der Waals surface area (Å²) in [6, 6.07) is 11.5. The molecule has 3 heterocycles. The van der Waals surface area contributed by atoms with Crippen LogP contribution in [0, 0.1) is 0 Å². The van der Waals surface area contributed by atoms with Crippen LogP contribution < -0.4 is 5.32 Å². The van der Waals surface area contributed by atoms with E-state index in [0.29, 0.717) is 37.9 Å². The molecule has 0 saturated carbocycles. The zero-order valence-electron chi connectivity index (χ0n) is 16.4. The van der Waals surface area contributed by atoms with Gasteiger partial charge in [-0.05, 0) is 12.8 Å². The van der Waals surface area contributed by atoms with Crippen LogP contribution in [0.15, 0.2) is 42.6 Å². The zero-order valence-corrected chi connectivity index (χ0v) is 16.4. The van der Waals surface area contributed by atoms with E-state index in [1.165, 1.54) is 0 Å². The predicted octanol–water partition coefficient (Wildman–Crippen LogP) is 2.73. The number of carbonyl (C=O) groups is 1. The summed E-state index contributed by atoms with van der Waals surface area (Å²) in [5, 5.41) is 14.6. The Balaban J connectivity index is 1.37. The lowest BCUT2D eigenvalue weighted by Gasteiger charge is -2.31. The molecule has 29 heavy (non-hydrogen) atoms. The van der Waals surface area contributed by atoms with Crippen molar-refractivity contribution in [2.24, 2.45) is 0 Å². The highest BCUT2D eigenvalue weighted by Crippen LogP contribution is 2.26. The van der Waals surface area contributed by atoms with Crippen LogP contribution in [-0.2, 0) is 11.3 Å². The molecule has 0 aliphatic carbocycles. The summed E-state index contributed by atoms with van der Waals surface area (Å²) in [7, 11) is 1.65. The molecule has 2 amide bonds. The van der Waals surface area contributed by atoms with Crippen LogP contribution in [-0.4, -0.2) is 62.7 Å². The molecule has 2 N–H and O–H groups in total. The maximum absolute atomic E-state index is 12.7. The van der Waals surface area contributed by atoms with Gasteiger partial charge in [0.25, 0.3) is 0 Å². The van der Waals surface area contributed by atoms with Gasteiger partial charge < -0.3 is 9.64 Å². The Morgan fingerprint density at radius 3 is 3.00 bits per heavy atom. The fourth-order valence-electron chi connectivity index (χ4n) is 3.48. The second-order valence-electron chi connectivity index (χ2n) is 7.08. The Hall–Kier alpha value is -3.20. The second kappa shape index (κ2) is 8.87. The molecule has 1 fully saturated rings. The van der Waals surface area contributed by atoms with Gasteiger partial charge in [-0.3, -0.25) is 15.1 Å². The van der Waals surface area contributed by atoms with E-state index in [2.05, 4.69) is 25.6 Å². The molecule has 0 bridgehead atoms. The number of aromatic nitrogens is 5. The summed E-state index contributed by atoms with van der Waals surface area (Å²) in [6.45, 7) is 2.53. The number of anilines is 1. The number of ether oxygens (including phenoxy) is 1. The number of methoxy groups -OCH3 is 1. The van der Waals surface area contributed by atoms with Gasteiger partial charge in [-0.25, -0.2) is 9.78 Å². The average molecular weight is 395 g/mol. The van der Waals surface area contributed by atoms with Crippen molar-refractivity contribution in [3.8, 4) is 11.4 Å². The average Bonchev–Trinajstić information content (AvgIpc) is 3.43. The maximum atomic E-state index is 12.7. The van der Waals surface area contributed by atoms with Crippen molar-refractivity contribution in [2.75, 3.05) is 32.1 Å². The lowest BCUT2D eigenvalue weighted by atomic mass is 9.97. The number of hydrogen-bond donors (Lipinski definition) is 2. The van der Waals surface area contributed by atoms with Crippen molar-refractivity contribution < 1.29 is 9.53 Å². The van der Waals surface area contributed by atoms with E-state index in [4.69, 9.17) is 4.74 Å². The lowest BCUT2D eigenvalue weighted by molar-refractivity contribution is 0.183. The molecule has 0 spiro atoms. The summed E-state index contributed by atoms with van der Waals surface area (Å²) in [6.07, 6.45) is 3.72. The first kappa shape index (κ1) is 19.1. The van der Waals surface area contributed by atoms with Crippen molar-refractivity contribution >= 4 is 11.8 Å². The number of hydrogen-bond acceptors (Lipinski definition) is 5. The minimum atomic E-state index is -0.144. The van der Waals surface area contributed by atoms with Crippen LogP contribution in [0.2, 0.25) is 0 Å². The summed E-state index contributed by atoms with van der Waals surface area (Å²) in [5.74, 6) is 2.19. The zero-order chi connectivity index (χ0) is 20.1. The Kier molecular flexibility index (Phi) is 5.85. The van der Waals surface area contributed by atoms with Gasteiger partial charge in [0, 0.05) is 43.9 Å². The molecule has 9 heteroatoms. The number of carbonyl (C=O) groups excluding carboxylic acids is 1. The lowest BCUT2D eigenvalue weighted by Crippen LogP contribution is -2.42. The fraction of sp³-hybridized carbons (Fsp3) is 0.400. The molecule has 1 aromatic carbocycles. The highest BCUT2D eigenvalue weighted by atomic mass is 16.5. The SMILES string of the molecule is COCCn1ccc(NC(=O)N2CCC[C@H](c3nc(-c4ccccc4)n[nH]3)C2)n1. The molecule has 3 aromatic rings. The highest BCUT2D eigenvalue weighted by Gasteiger charge is 2.27. The predicted molar refractivity (Wildman–Crippen MR) is 108 cm³/mol. The molecule has 152 valence electrons. The Morgan fingerprint density at radius 2 is 2.17 bits per heavy atom. The molecule has 9 nitrogen and oxygen atoms in total. The molecular formula is C20H25N7O2. The molecule has 1 saturated heterocycles. The minimum Gasteiger partial charge on any atom is -0.383 e. The minimum absolute atomic E-state index is 0.138. The van der Waals surface area contributed by atoms with Gasteiger partial charge in [0.2, 0.25) is 0 Å². The van der Waals surface area contributed by atoms with Gasteiger partial charge in [0.05, 0.1) is 13.2 Å². The first-order chi connectivity index (χ1) is 14.2. The number of nitrogens with zero attached hydrogens (tertiary/aromatic N) is 5. The third-order valence-electron chi connectivity index (χ3n) is 5.03. The number of nitrogens with one attached hydrogen (secondary N) is 2. The standard InChI is InChI=1S/C20H25N7O2/c1-29-13-12-27-11-9-17(25-27)21-20(28)26-10-5-8-16(14-26)19-22-18(23-24-19)15-6-3-2-4-7-15/h2-4,6-7,9,11,16H,5,8,10,12-14H2,1H3,(H,21,25,28)(H,22,23,24)/t16-/m0/s1. The molecule has 2 aromatic heterocycles. The number of benzene rings is 1. The number of amides is 2. The Morgan fingerprint density at radius 1 is 1.31 bits per heavy atom. The fourth-order valence-corrected chi connectivity index (χ4v) is 3.48. The Bertz CT molecular complexity index is 937. The quantitative estimate of drug-likeness (QED) is 0.668. The van der Waals surface area contributed by atoms with Gasteiger partial charge in [-0.2, -0.15) is 10.2 Å². The van der Waals surface area contributed by atoms with Gasteiger partial charge in [0.1, 0.15) is 5.82 Å². The van der Waals surface area contributed by atoms with Crippen LogP contribution in [0.5, 0.6) is 0 Å². The Labute approximate surface area is 169 Å². The van der Waals surface area contributed by atoms with Gasteiger partial charge >= 0.3 is 6.03 Å². The maximum Gasteiger partial charge on any atom is 0.323 e. The summed E-state index contributed by atoms with van der Waals surface area (Å²) in [4.78, 5) is 19.2. The smallest absolute Gasteiger partial charge is 0.323 e. The van der Waals surface area contributed by atoms with Crippen LogP contribution in [0.4, 0.5) is 10.6 Å². The van der Waals surface area contributed by atoms with E-state index in [1.54, 1.807) is 17.9 Å². The van der Waals surface area contributed by atoms with Crippen molar-refractivity contribution in [3.05, 3.63) is 48.4 Å². The second-order valence-corrected chi connectivity index (χ2v) is 7.08. The van der Waals surface area contributed by atoms with E-state index >= 15 is 0 Å². The monoisotopic (exact) mass is 395 g/mol. The number of likely N-dealkylation sites (tertiary alicyclic amines) is 1. The molecule has 1 aliphatic heterocycles.